The third-order valence-corrected chi connectivity index (χ3v) is 2.51. The number of benzene rings is 2. The monoisotopic (exact) mass is 221 g/mol. The van der Waals surface area contributed by atoms with Crippen LogP contribution in [0.5, 0.6) is 0 Å². The van der Waals surface area contributed by atoms with Crippen molar-refractivity contribution in [3.05, 3.63) is 53.3 Å². The zero-order chi connectivity index (χ0) is 10.8. The van der Waals surface area contributed by atoms with Gasteiger partial charge in [-0.15, -0.1) is 0 Å². The Kier molecular flexibility index (Phi) is 2.60. The number of halogens is 2. The van der Waals surface area contributed by atoms with Gasteiger partial charge in [0.15, 0.2) is 0 Å². The Labute approximate surface area is 92.3 Å². The second-order valence-corrected chi connectivity index (χ2v) is 3.62. The van der Waals surface area contributed by atoms with E-state index in [-0.39, 0.29) is 5.82 Å². The van der Waals surface area contributed by atoms with Gasteiger partial charge < -0.3 is 5.73 Å². The van der Waals surface area contributed by atoms with Gasteiger partial charge in [-0.25, -0.2) is 4.39 Å². The van der Waals surface area contributed by atoms with E-state index >= 15 is 0 Å². The normalized spacial score (nSPS) is 10.3. The summed E-state index contributed by atoms with van der Waals surface area (Å²) in [4.78, 5) is 0. The van der Waals surface area contributed by atoms with Crippen LogP contribution in [0.4, 0.5) is 10.1 Å². The lowest BCUT2D eigenvalue weighted by Crippen LogP contribution is -1.91. The van der Waals surface area contributed by atoms with Crippen LogP contribution in [-0.4, -0.2) is 0 Å². The molecule has 3 heteroatoms. The molecule has 0 aliphatic rings. The zero-order valence-corrected chi connectivity index (χ0v) is 8.63. The molecule has 76 valence electrons. The fourth-order valence-electron chi connectivity index (χ4n) is 1.44. The van der Waals surface area contributed by atoms with E-state index in [0.29, 0.717) is 16.3 Å². The van der Waals surface area contributed by atoms with E-state index in [2.05, 4.69) is 0 Å². The predicted molar refractivity (Wildman–Crippen MR) is 61.3 cm³/mol. The van der Waals surface area contributed by atoms with E-state index in [4.69, 9.17) is 17.3 Å². The van der Waals surface area contributed by atoms with Crippen molar-refractivity contribution in [3.63, 3.8) is 0 Å². The highest BCUT2D eigenvalue weighted by atomic mass is 35.5. The minimum absolute atomic E-state index is 0.320. The molecule has 0 saturated heterocycles. The quantitative estimate of drug-likeness (QED) is 0.730. The molecule has 0 aliphatic carbocycles. The summed E-state index contributed by atoms with van der Waals surface area (Å²) in [7, 11) is 0. The molecule has 2 aromatic carbocycles. The summed E-state index contributed by atoms with van der Waals surface area (Å²) in [6, 6.07) is 11.5. The Bertz CT molecular complexity index is 497. The lowest BCUT2D eigenvalue weighted by molar-refractivity contribution is 0.628. The lowest BCUT2D eigenvalue weighted by atomic mass is 10.0. The maximum atomic E-state index is 13.1. The van der Waals surface area contributed by atoms with E-state index in [1.807, 2.05) is 18.2 Å². The van der Waals surface area contributed by atoms with Gasteiger partial charge in [-0.05, 0) is 24.3 Å². The number of nitrogens with two attached hydrogens (primary N) is 1. The lowest BCUT2D eigenvalue weighted by Gasteiger charge is -2.07. The molecule has 15 heavy (non-hydrogen) atoms. The number of anilines is 1. The van der Waals surface area contributed by atoms with Crippen LogP contribution < -0.4 is 5.73 Å². The van der Waals surface area contributed by atoms with Gasteiger partial charge >= 0.3 is 0 Å². The summed E-state index contributed by atoms with van der Waals surface area (Å²) in [5.74, 6) is -0.320. The maximum absolute atomic E-state index is 13.1. The first-order valence-corrected chi connectivity index (χ1v) is 4.86. The maximum Gasteiger partial charge on any atom is 0.123 e. The molecule has 2 rings (SSSR count). The fourth-order valence-corrected chi connectivity index (χ4v) is 1.68. The highest BCUT2D eigenvalue weighted by Crippen LogP contribution is 2.32. The average molecular weight is 222 g/mol. The largest absolute Gasteiger partial charge is 0.398 e. The highest BCUT2D eigenvalue weighted by molar-refractivity contribution is 6.33. The van der Waals surface area contributed by atoms with Gasteiger partial charge in [0, 0.05) is 21.8 Å². The molecule has 2 N–H and O–H groups in total. The molecule has 0 radical (unpaired) electrons. The van der Waals surface area contributed by atoms with Crippen molar-refractivity contribution in [2.45, 2.75) is 0 Å². The van der Waals surface area contributed by atoms with Crippen LogP contribution in [0, 0.1) is 5.82 Å². The first-order chi connectivity index (χ1) is 7.18. The Balaban J connectivity index is 2.64. The molecule has 0 unspecified atom stereocenters. The number of hydrogen-bond acceptors (Lipinski definition) is 1. The van der Waals surface area contributed by atoms with E-state index in [1.165, 1.54) is 18.2 Å². The van der Waals surface area contributed by atoms with Crippen molar-refractivity contribution in [1.82, 2.24) is 0 Å². The number of rotatable bonds is 1. The summed E-state index contributed by atoms with van der Waals surface area (Å²) in [6.45, 7) is 0. The Hall–Kier alpha value is -1.54. The van der Waals surface area contributed by atoms with Gasteiger partial charge in [0.1, 0.15) is 5.82 Å². The summed E-state index contributed by atoms with van der Waals surface area (Å²) in [6.07, 6.45) is 0. The molecule has 0 spiro atoms. The van der Waals surface area contributed by atoms with E-state index in [0.717, 1.165) is 5.56 Å². The van der Waals surface area contributed by atoms with Crippen molar-refractivity contribution in [1.29, 1.82) is 0 Å². The molecule has 0 fully saturated rings. The molecule has 0 saturated carbocycles. The number of nitrogen functional groups attached to an aromatic ring is 1. The van der Waals surface area contributed by atoms with Crippen LogP contribution in [0.2, 0.25) is 5.02 Å². The second kappa shape index (κ2) is 3.91. The Morgan fingerprint density at radius 1 is 1.00 bits per heavy atom. The SMILES string of the molecule is Nc1ccc(F)cc1-c1ccccc1Cl. The average Bonchev–Trinajstić information content (AvgIpc) is 2.23. The summed E-state index contributed by atoms with van der Waals surface area (Å²) in [5, 5.41) is 0.565. The molecule has 0 heterocycles. The van der Waals surface area contributed by atoms with Gasteiger partial charge in [0.2, 0.25) is 0 Å². The Morgan fingerprint density at radius 3 is 2.47 bits per heavy atom. The van der Waals surface area contributed by atoms with Crippen molar-refractivity contribution in [3.8, 4) is 11.1 Å². The first kappa shape index (κ1) is 9.99. The molecule has 0 aliphatic heterocycles. The van der Waals surface area contributed by atoms with Crippen LogP contribution in [0.1, 0.15) is 0 Å². The smallest absolute Gasteiger partial charge is 0.123 e. The molecule has 0 amide bonds. The van der Waals surface area contributed by atoms with Gasteiger partial charge in [0.05, 0.1) is 0 Å². The van der Waals surface area contributed by atoms with Crippen LogP contribution in [0.3, 0.4) is 0 Å². The molecule has 1 nitrogen and oxygen atoms in total. The molecular weight excluding hydrogens is 213 g/mol. The van der Waals surface area contributed by atoms with Crippen molar-refractivity contribution < 1.29 is 4.39 Å². The van der Waals surface area contributed by atoms with Crippen molar-refractivity contribution in [2.24, 2.45) is 0 Å². The summed E-state index contributed by atoms with van der Waals surface area (Å²) < 4.78 is 13.1. The minimum atomic E-state index is -0.320. The number of hydrogen-bond donors (Lipinski definition) is 1. The minimum Gasteiger partial charge on any atom is -0.398 e. The molecular formula is C12H9ClFN. The second-order valence-electron chi connectivity index (χ2n) is 3.21. The van der Waals surface area contributed by atoms with E-state index in [1.54, 1.807) is 6.07 Å². The Morgan fingerprint density at radius 2 is 1.73 bits per heavy atom. The molecule has 0 aromatic heterocycles. The van der Waals surface area contributed by atoms with Crippen LogP contribution >= 0.6 is 11.6 Å². The predicted octanol–water partition coefficient (Wildman–Crippen LogP) is 3.73. The van der Waals surface area contributed by atoms with E-state index < -0.39 is 0 Å². The van der Waals surface area contributed by atoms with Crippen molar-refractivity contribution in [2.75, 3.05) is 5.73 Å². The van der Waals surface area contributed by atoms with Gasteiger partial charge in [-0.2, -0.15) is 0 Å². The van der Waals surface area contributed by atoms with Gasteiger partial charge in [-0.1, -0.05) is 29.8 Å². The third-order valence-electron chi connectivity index (χ3n) is 2.18. The van der Waals surface area contributed by atoms with E-state index in [9.17, 15) is 4.39 Å². The van der Waals surface area contributed by atoms with Crippen molar-refractivity contribution >= 4 is 17.3 Å². The summed E-state index contributed by atoms with van der Waals surface area (Å²) >= 11 is 6.01. The van der Waals surface area contributed by atoms with Gasteiger partial charge in [0.25, 0.3) is 0 Å². The zero-order valence-electron chi connectivity index (χ0n) is 7.87. The fraction of sp³-hybridized carbons (Fsp3) is 0. The van der Waals surface area contributed by atoms with Crippen LogP contribution in [0.25, 0.3) is 11.1 Å². The topological polar surface area (TPSA) is 26.0 Å². The molecule has 0 atom stereocenters. The van der Waals surface area contributed by atoms with Gasteiger partial charge in [-0.3, -0.25) is 0 Å². The molecule has 0 bridgehead atoms. The third kappa shape index (κ3) is 1.95. The molecule has 2 aromatic rings. The summed E-state index contributed by atoms with van der Waals surface area (Å²) in [5.41, 5.74) is 7.66. The standard InChI is InChI=1S/C12H9ClFN/c13-11-4-2-1-3-9(11)10-7-8(14)5-6-12(10)15/h1-7H,15H2. The highest BCUT2D eigenvalue weighted by Gasteiger charge is 2.07. The van der Waals surface area contributed by atoms with Crippen LogP contribution in [-0.2, 0) is 0 Å². The van der Waals surface area contributed by atoms with Crippen LogP contribution in [0.15, 0.2) is 42.5 Å². The first-order valence-electron chi connectivity index (χ1n) is 4.48.